The van der Waals surface area contributed by atoms with Crippen molar-refractivity contribution in [1.29, 1.82) is 0 Å². The van der Waals surface area contributed by atoms with Crippen molar-refractivity contribution in [1.82, 2.24) is 14.5 Å². The van der Waals surface area contributed by atoms with Crippen LogP contribution in [0.25, 0.3) is 10.9 Å². The first-order valence-corrected chi connectivity index (χ1v) is 6.77. The van der Waals surface area contributed by atoms with E-state index in [0.29, 0.717) is 17.3 Å². The van der Waals surface area contributed by atoms with Gasteiger partial charge in [-0.2, -0.15) is 0 Å². The Hall–Kier alpha value is -3.02. The SMILES string of the molecule is CN(C)C(=O)n1ccc2cc(Oc3ccnc(N)c3)ccc21. The second kappa shape index (κ2) is 5.40. The van der Waals surface area contributed by atoms with Gasteiger partial charge in [0.1, 0.15) is 17.3 Å². The lowest BCUT2D eigenvalue weighted by molar-refractivity contribution is 0.220. The van der Waals surface area contributed by atoms with Gasteiger partial charge in [-0.25, -0.2) is 9.78 Å². The van der Waals surface area contributed by atoms with Crippen molar-refractivity contribution < 1.29 is 9.53 Å². The second-order valence-electron chi connectivity index (χ2n) is 5.10. The molecule has 0 radical (unpaired) electrons. The van der Waals surface area contributed by atoms with Gasteiger partial charge in [-0.05, 0) is 30.3 Å². The molecule has 0 spiro atoms. The normalized spacial score (nSPS) is 10.6. The van der Waals surface area contributed by atoms with Crippen LogP contribution in [0.2, 0.25) is 0 Å². The number of carbonyl (C=O) groups excluding carboxylic acids is 1. The van der Waals surface area contributed by atoms with Gasteiger partial charge in [-0.15, -0.1) is 0 Å². The highest BCUT2D eigenvalue weighted by molar-refractivity contribution is 5.92. The molecule has 1 aromatic carbocycles. The highest BCUT2D eigenvalue weighted by atomic mass is 16.5. The quantitative estimate of drug-likeness (QED) is 0.789. The Labute approximate surface area is 127 Å². The van der Waals surface area contributed by atoms with Gasteiger partial charge in [0.2, 0.25) is 0 Å². The molecule has 1 amide bonds. The number of nitrogens with two attached hydrogens (primary N) is 1. The van der Waals surface area contributed by atoms with Crippen molar-refractivity contribution in [3.05, 3.63) is 48.8 Å². The Bertz CT molecular complexity index is 839. The van der Waals surface area contributed by atoms with Gasteiger partial charge in [0.15, 0.2) is 0 Å². The summed E-state index contributed by atoms with van der Waals surface area (Å²) in [5.41, 5.74) is 6.46. The summed E-state index contributed by atoms with van der Waals surface area (Å²) in [6.07, 6.45) is 3.34. The Balaban J connectivity index is 1.93. The molecule has 2 N–H and O–H groups in total. The minimum Gasteiger partial charge on any atom is -0.457 e. The van der Waals surface area contributed by atoms with Gasteiger partial charge < -0.3 is 15.4 Å². The largest absolute Gasteiger partial charge is 0.457 e. The smallest absolute Gasteiger partial charge is 0.328 e. The number of rotatable bonds is 2. The fraction of sp³-hybridized carbons (Fsp3) is 0.125. The molecule has 0 fully saturated rings. The molecule has 0 aliphatic heterocycles. The van der Waals surface area contributed by atoms with Gasteiger partial charge >= 0.3 is 6.03 Å². The molecule has 0 unspecified atom stereocenters. The number of fused-ring (bicyclic) bond motifs is 1. The molecule has 3 aromatic rings. The number of pyridine rings is 1. The van der Waals surface area contributed by atoms with E-state index in [1.165, 1.54) is 4.90 Å². The van der Waals surface area contributed by atoms with Crippen LogP contribution in [0.15, 0.2) is 48.8 Å². The topological polar surface area (TPSA) is 73.4 Å². The van der Waals surface area contributed by atoms with E-state index in [1.54, 1.807) is 43.2 Å². The lowest BCUT2D eigenvalue weighted by Gasteiger charge is -2.12. The molecule has 0 atom stereocenters. The molecule has 3 rings (SSSR count). The number of hydrogen-bond donors (Lipinski definition) is 1. The first kappa shape index (κ1) is 13.9. The number of amides is 1. The van der Waals surface area contributed by atoms with Gasteiger partial charge in [0.05, 0.1) is 5.52 Å². The summed E-state index contributed by atoms with van der Waals surface area (Å²) < 4.78 is 7.36. The average Bonchev–Trinajstić information content (AvgIpc) is 2.89. The lowest BCUT2D eigenvalue weighted by Crippen LogP contribution is -2.26. The molecule has 22 heavy (non-hydrogen) atoms. The van der Waals surface area contributed by atoms with Gasteiger partial charge in [0, 0.05) is 37.9 Å². The summed E-state index contributed by atoms with van der Waals surface area (Å²) in [5.74, 6) is 1.70. The molecule has 0 aliphatic carbocycles. The number of ether oxygens (including phenoxy) is 1. The minimum atomic E-state index is -0.0921. The van der Waals surface area contributed by atoms with Crippen LogP contribution in [0.5, 0.6) is 11.5 Å². The molecule has 0 aliphatic rings. The van der Waals surface area contributed by atoms with E-state index < -0.39 is 0 Å². The molecule has 6 nitrogen and oxygen atoms in total. The maximum atomic E-state index is 12.1. The monoisotopic (exact) mass is 296 g/mol. The van der Waals surface area contributed by atoms with Crippen molar-refractivity contribution >= 4 is 22.8 Å². The van der Waals surface area contributed by atoms with E-state index in [4.69, 9.17) is 10.5 Å². The fourth-order valence-corrected chi connectivity index (χ4v) is 2.19. The predicted octanol–water partition coefficient (Wildman–Crippen LogP) is 2.94. The number of carbonyl (C=O) groups is 1. The number of aromatic nitrogens is 2. The maximum absolute atomic E-state index is 12.1. The molecule has 2 heterocycles. The molecule has 6 heteroatoms. The zero-order valence-corrected chi connectivity index (χ0v) is 12.4. The third kappa shape index (κ3) is 2.58. The van der Waals surface area contributed by atoms with Gasteiger partial charge in [-0.3, -0.25) is 4.57 Å². The molecular weight excluding hydrogens is 280 g/mol. The van der Waals surface area contributed by atoms with Crippen molar-refractivity contribution in [3.8, 4) is 11.5 Å². The van der Waals surface area contributed by atoms with Crippen molar-refractivity contribution in [2.75, 3.05) is 19.8 Å². The number of benzene rings is 1. The Morgan fingerprint density at radius 2 is 1.95 bits per heavy atom. The molecule has 2 aromatic heterocycles. The van der Waals surface area contributed by atoms with E-state index in [1.807, 2.05) is 24.3 Å². The number of nitrogens with zero attached hydrogens (tertiary/aromatic N) is 3. The highest BCUT2D eigenvalue weighted by Gasteiger charge is 2.11. The average molecular weight is 296 g/mol. The van der Waals surface area contributed by atoms with E-state index in [2.05, 4.69) is 4.98 Å². The molecule has 0 saturated heterocycles. The maximum Gasteiger partial charge on any atom is 0.328 e. The Morgan fingerprint density at radius 3 is 2.68 bits per heavy atom. The zero-order chi connectivity index (χ0) is 15.7. The van der Waals surface area contributed by atoms with Crippen LogP contribution in [-0.2, 0) is 0 Å². The van der Waals surface area contributed by atoms with E-state index in [9.17, 15) is 4.79 Å². The summed E-state index contributed by atoms with van der Waals surface area (Å²) in [7, 11) is 3.44. The molecule has 0 saturated carbocycles. The van der Waals surface area contributed by atoms with E-state index in [0.717, 1.165) is 10.9 Å². The fourth-order valence-electron chi connectivity index (χ4n) is 2.19. The standard InChI is InChI=1S/C16H16N4O2/c1-19(2)16(21)20-8-6-11-9-12(3-4-14(11)20)22-13-5-7-18-15(17)10-13/h3-10H,1-2H3,(H2,17,18). The van der Waals surface area contributed by atoms with Gasteiger partial charge in [-0.1, -0.05) is 0 Å². The Morgan fingerprint density at radius 1 is 1.18 bits per heavy atom. The Kier molecular flexibility index (Phi) is 3.42. The first-order chi connectivity index (χ1) is 10.5. The van der Waals surface area contributed by atoms with Crippen LogP contribution >= 0.6 is 0 Å². The molecular formula is C16H16N4O2. The molecule has 112 valence electrons. The van der Waals surface area contributed by atoms with Crippen molar-refractivity contribution in [3.63, 3.8) is 0 Å². The zero-order valence-electron chi connectivity index (χ0n) is 12.4. The first-order valence-electron chi connectivity index (χ1n) is 6.77. The summed E-state index contributed by atoms with van der Waals surface area (Å²) >= 11 is 0. The summed E-state index contributed by atoms with van der Waals surface area (Å²) in [6.45, 7) is 0. The minimum absolute atomic E-state index is 0.0921. The van der Waals surface area contributed by atoms with E-state index >= 15 is 0 Å². The summed E-state index contributed by atoms with van der Waals surface area (Å²) in [4.78, 5) is 17.5. The van der Waals surface area contributed by atoms with Crippen LogP contribution in [0.4, 0.5) is 10.6 Å². The number of hydrogen-bond acceptors (Lipinski definition) is 4. The number of anilines is 1. The second-order valence-corrected chi connectivity index (χ2v) is 5.10. The van der Waals surface area contributed by atoms with Crippen LogP contribution in [-0.4, -0.2) is 34.6 Å². The number of nitrogen functional groups attached to an aromatic ring is 1. The predicted molar refractivity (Wildman–Crippen MR) is 85.1 cm³/mol. The van der Waals surface area contributed by atoms with Crippen molar-refractivity contribution in [2.24, 2.45) is 0 Å². The highest BCUT2D eigenvalue weighted by Crippen LogP contribution is 2.27. The summed E-state index contributed by atoms with van der Waals surface area (Å²) in [5, 5.41) is 0.926. The molecule has 0 bridgehead atoms. The third-order valence-corrected chi connectivity index (χ3v) is 3.24. The van der Waals surface area contributed by atoms with Crippen LogP contribution in [0, 0.1) is 0 Å². The third-order valence-electron chi connectivity index (χ3n) is 3.24. The van der Waals surface area contributed by atoms with Gasteiger partial charge in [0.25, 0.3) is 0 Å². The van der Waals surface area contributed by atoms with E-state index in [-0.39, 0.29) is 6.03 Å². The van der Waals surface area contributed by atoms with Crippen LogP contribution < -0.4 is 10.5 Å². The lowest BCUT2D eigenvalue weighted by atomic mass is 10.2. The summed E-state index contributed by atoms with van der Waals surface area (Å²) in [6, 6.07) is 10.7. The van der Waals surface area contributed by atoms with Crippen molar-refractivity contribution in [2.45, 2.75) is 0 Å². The van der Waals surface area contributed by atoms with Crippen LogP contribution in [0.1, 0.15) is 0 Å². The van der Waals surface area contributed by atoms with Crippen LogP contribution in [0.3, 0.4) is 0 Å².